The molecule has 1 amide bonds. The molecule has 3 atom stereocenters. The molecule has 2 aliphatic rings. The third-order valence-electron chi connectivity index (χ3n) is 4.51. The molecule has 3 heteroatoms. The summed E-state index contributed by atoms with van der Waals surface area (Å²) < 4.78 is 0. The van der Waals surface area contributed by atoms with Crippen LogP contribution in [0.4, 0.5) is 0 Å². The molecule has 1 saturated heterocycles. The summed E-state index contributed by atoms with van der Waals surface area (Å²) >= 11 is 0. The number of nitrogens with one attached hydrogen (secondary N) is 2. The summed E-state index contributed by atoms with van der Waals surface area (Å²) in [5, 5.41) is 6.53. The lowest BCUT2D eigenvalue weighted by molar-refractivity contribution is -0.124. The molecule has 0 radical (unpaired) electrons. The van der Waals surface area contributed by atoms with Crippen molar-refractivity contribution in [3.8, 4) is 0 Å². The minimum Gasteiger partial charge on any atom is -0.352 e. The molecule has 19 heavy (non-hydrogen) atoms. The lowest BCUT2D eigenvalue weighted by Gasteiger charge is -2.27. The molecule has 1 aromatic rings. The maximum absolute atomic E-state index is 12.3. The number of amides is 1. The summed E-state index contributed by atoms with van der Waals surface area (Å²) in [5.74, 6) is 0.644. The smallest absolute Gasteiger partial charge is 0.237 e. The summed E-state index contributed by atoms with van der Waals surface area (Å²) in [4.78, 5) is 12.3. The van der Waals surface area contributed by atoms with Gasteiger partial charge in [-0.15, -0.1) is 0 Å². The van der Waals surface area contributed by atoms with Gasteiger partial charge in [0.1, 0.15) is 0 Å². The molecule has 0 bridgehead atoms. The Hall–Kier alpha value is -1.35. The summed E-state index contributed by atoms with van der Waals surface area (Å²) in [5.41, 5.74) is 2.84. The summed E-state index contributed by atoms with van der Waals surface area (Å²) in [6, 6.07) is 8.89. The van der Waals surface area contributed by atoms with E-state index in [1.165, 1.54) is 11.1 Å². The molecule has 0 spiro atoms. The lowest BCUT2D eigenvalue weighted by atomic mass is 9.88. The first kappa shape index (κ1) is 12.7. The summed E-state index contributed by atoms with van der Waals surface area (Å²) in [7, 11) is 0. The average molecular weight is 258 g/mol. The van der Waals surface area contributed by atoms with Crippen LogP contribution in [0.25, 0.3) is 0 Å². The van der Waals surface area contributed by atoms with Crippen molar-refractivity contribution in [2.24, 2.45) is 5.92 Å². The van der Waals surface area contributed by atoms with Crippen molar-refractivity contribution in [1.82, 2.24) is 10.6 Å². The van der Waals surface area contributed by atoms with Gasteiger partial charge in [-0.1, -0.05) is 31.2 Å². The Bertz CT molecular complexity index is 472. The fourth-order valence-corrected chi connectivity index (χ4v) is 3.30. The number of aryl methyl sites for hydroxylation is 1. The molecule has 1 heterocycles. The Morgan fingerprint density at radius 3 is 2.79 bits per heavy atom. The molecule has 1 aliphatic carbocycles. The Labute approximate surface area is 114 Å². The van der Waals surface area contributed by atoms with Crippen LogP contribution in [-0.4, -0.2) is 24.5 Å². The standard InChI is InChI=1S/C16H22N2O/c1-11-8-9-17-15(11)16(19)18-14-7-6-12-4-2-3-5-13(12)10-14/h2-5,11,14-15,17H,6-10H2,1H3,(H,18,19). The van der Waals surface area contributed by atoms with Crippen molar-refractivity contribution in [2.75, 3.05) is 6.54 Å². The van der Waals surface area contributed by atoms with Gasteiger partial charge in [0.05, 0.1) is 6.04 Å². The molecule has 102 valence electrons. The highest BCUT2D eigenvalue weighted by Gasteiger charge is 2.31. The largest absolute Gasteiger partial charge is 0.352 e. The van der Waals surface area contributed by atoms with Crippen LogP contribution in [0.3, 0.4) is 0 Å². The third kappa shape index (κ3) is 2.66. The molecule has 1 fully saturated rings. The van der Waals surface area contributed by atoms with Gasteiger partial charge < -0.3 is 10.6 Å². The molecular formula is C16H22N2O. The van der Waals surface area contributed by atoms with E-state index in [1.807, 2.05) is 0 Å². The zero-order chi connectivity index (χ0) is 13.2. The molecule has 3 rings (SSSR count). The highest BCUT2D eigenvalue weighted by molar-refractivity contribution is 5.82. The predicted molar refractivity (Wildman–Crippen MR) is 76.0 cm³/mol. The number of hydrogen-bond donors (Lipinski definition) is 2. The van der Waals surface area contributed by atoms with Gasteiger partial charge in [0.2, 0.25) is 5.91 Å². The van der Waals surface area contributed by atoms with E-state index in [-0.39, 0.29) is 11.9 Å². The second-order valence-electron chi connectivity index (χ2n) is 5.91. The lowest BCUT2D eigenvalue weighted by Crippen LogP contribution is -2.48. The molecule has 0 saturated carbocycles. The van der Waals surface area contributed by atoms with Crippen molar-refractivity contribution in [3.05, 3.63) is 35.4 Å². The average Bonchev–Trinajstić information content (AvgIpc) is 2.85. The van der Waals surface area contributed by atoms with Crippen molar-refractivity contribution < 1.29 is 4.79 Å². The van der Waals surface area contributed by atoms with Crippen LogP contribution in [0, 0.1) is 5.92 Å². The van der Waals surface area contributed by atoms with E-state index in [4.69, 9.17) is 0 Å². The molecule has 1 aliphatic heterocycles. The predicted octanol–water partition coefficient (Wildman–Crippen LogP) is 1.66. The Balaban J connectivity index is 1.61. The fourth-order valence-electron chi connectivity index (χ4n) is 3.30. The SMILES string of the molecule is CC1CCNC1C(=O)NC1CCc2ccccc2C1. The highest BCUT2D eigenvalue weighted by Crippen LogP contribution is 2.22. The van der Waals surface area contributed by atoms with Crippen molar-refractivity contribution in [1.29, 1.82) is 0 Å². The number of carbonyl (C=O) groups excluding carboxylic acids is 1. The van der Waals surface area contributed by atoms with Crippen LogP contribution in [-0.2, 0) is 17.6 Å². The third-order valence-corrected chi connectivity index (χ3v) is 4.51. The Kier molecular flexibility index (Phi) is 3.56. The van der Waals surface area contributed by atoms with Crippen molar-refractivity contribution in [2.45, 2.75) is 44.7 Å². The minimum absolute atomic E-state index is 0.0113. The first-order valence-electron chi connectivity index (χ1n) is 7.34. The van der Waals surface area contributed by atoms with Gasteiger partial charge in [0.15, 0.2) is 0 Å². The van der Waals surface area contributed by atoms with Gasteiger partial charge in [-0.2, -0.15) is 0 Å². The van der Waals surface area contributed by atoms with Crippen LogP contribution in [0.15, 0.2) is 24.3 Å². The van der Waals surface area contributed by atoms with E-state index in [0.717, 1.165) is 32.2 Å². The minimum atomic E-state index is 0.0113. The normalized spacial score (nSPS) is 29.8. The molecule has 1 aromatic carbocycles. The first-order chi connectivity index (χ1) is 9.24. The van der Waals surface area contributed by atoms with E-state index in [9.17, 15) is 4.79 Å². The second kappa shape index (κ2) is 5.33. The zero-order valence-corrected chi connectivity index (χ0v) is 11.5. The summed E-state index contributed by atoms with van der Waals surface area (Å²) in [6.45, 7) is 3.12. The van der Waals surface area contributed by atoms with Crippen LogP contribution in [0.2, 0.25) is 0 Å². The molecule has 2 N–H and O–H groups in total. The van der Waals surface area contributed by atoms with E-state index in [2.05, 4.69) is 41.8 Å². The number of hydrogen-bond acceptors (Lipinski definition) is 2. The number of carbonyl (C=O) groups is 1. The van der Waals surface area contributed by atoms with Gasteiger partial charge in [-0.3, -0.25) is 4.79 Å². The topological polar surface area (TPSA) is 41.1 Å². The van der Waals surface area contributed by atoms with Gasteiger partial charge in [-0.25, -0.2) is 0 Å². The maximum Gasteiger partial charge on any atom is 0.237 e. The number of rotatable bonds is 2. The zero-order valence-electron chi connectivity index (χ0n) is 11.5. The van der Waals surface area contributed by atoms with Crippen LogP contribution < -0.4 is 10.6 Å². The van der Waals surface area contributed by atoms with Crippen molar-refractivity contribution in [3.63, 3.8) is 0 Å². The molecule has 3 unspecified atom stereocenters. The number of benzene rings is 1. The maximum atomic E-state index is 12.3. The second-order valence-corrected chi connectivity index (χ2v) is 5.91. The van der Waals surface area contributed by atoms with Crippen LogP contribution in [0.1, 0.15) is 30.9 Å². The van der Waals surface area contributed by atoms with E-state index in [1.54, 1.807) is 0 Å². The van der Waals surface area contributed by atoms with E-state index >= 15 is 0 Å². The highest BCUT2D eigenvalue weighted by atomic mass is 16.2. The first-order valence-corrected chi connectivity index (χ1v) is 7.34. The summed E-state index contributed by atoms with van der Waals surface area (Å²) in [6.07, 6.45) is 4.22. The van der Waals surface area contributed by atoms with E-state index < -0.39 is 0 Å². The monoisotopic (exact) mass is 258 g/mol. The van der Waals surface area contributed by atoms with E-state index in [0.29, 0.717) is 12.0 Å². The van der Waals surface area contributed by atoms with Crippen LogP contribution in [0.5, 0.6) is 0 Å². The quantitative estimate of drug-likeness (QED) is 0.847. The molecular weight excluding hydrogens is 236 g/mol. The van der Waals surface area contributed by atoms with Gasteiger partial charge in [-0.05, 0) is 49.3 Å². The van der Waals surface area contributed by atoms with Gasteiger partial charge in [0.25, 0.3) is 0 Å². The molecule has 0 aromatic heterocycles. The fraction of sp³-hybridized carbons (Fsp3) is 0.562. The van der Waals surface area contributed by atoms with Crippen molar-refractivity contribution >= 4 is 5.91 Å². The Morgan fingerprint density at radius 2 is 2.05 bits per heavy atom. The molecule has 3 nitrogen and oxygen atoms in total. The van der Waals surface area contributed by atoms with Gasteiger partial charge >= 0.3 is 0 Å². The Morgan fingerprint density at radius 1 is 1.26 bits per heavy atom. The number of fused-ring (bicyclic) bond motifs is 1. The van der Waals surface area contributed by atoms with Gasteiger partial charge in [0, 0.05) is 6.04 Å². The van der Waals surface area contributed by atoms with Crippen LogP contribution >= 0.6 is 0 Å².